The van der Waals surface area contributed by atoms with Crippen LogP contribution in [0, 0.1) is 17.0 Å². The average molecular weight is 342 g/mol. The van der Waals surface area contributed by atoms with Gasteiger partial charge in [-0.1, -0.05) is 29.5 Å². The quantitative estimate of drug-likeness (QED) is 0.400. The van der Waals surface area contributed by atoms with Crippen molar-refractivity contribution in [1.29, 1.82) is 0 Å². The third-order valence-corrected chi connectivity index (χ3v) is 4.20. The van der Waals surface area contributed by atoms with Gasteiger partial charge in [0.15, 0.2) is 5.13 Å². The van der Waals surface area contributed by atoms with Crippen molar-refractivity contribution in [2.75, 3.05) is 17.2 Å². The number of rotatable bonds is 6. The number of benzene rings is 1. The molecule has 0 amide bonds. The van der Waals surface area contributed by atoms with Crippen LogP contribution in [0.25, 0.3) is 10.2 Å². The van der Waals surface area contributed by atoms with Crippen molar-refractivity contribution in [2.24, 2.45) is 0 Å². The van der Waals surface area contributed by atoms with Gasteiger partial charge in [0.05, 0.1) is 15.1 Å². The molecule has 0 bridgehead atoms. The summed E-state index contributed by atoms with van der Waals surface area (Å²) >= 11 is 1.41. The highest BCUT2D eigenvalue weighted by atomic mass is 32.1. The van der Waals surface area contributed by atoms with Gasteiger partial charge in [-0.05, 0) is 18.6 Å². The van der Waals surface area contributed by atoms with Crippen molar-refractivity contribution >= 4 is 44.0 Å². The first kappa shape index (κ1) is 15.8. The van der Waals surface area contributed by atoms with Crippen molar-refractivity contribution in [2.45, 2.75) is 6.92 Å². The molecule has 2 N–H and O–H groups in total. The summed E-state index contributed by atoms with van der Waals surface area (Å²) in [6.45, 7) is 5.90. The Hall–Kier alpha value is -3.07. The van der Waals surface area contributed by atoms with E-state index in [1.54, 1.807) is 6.08 Å². The molecular formula is C15H14N6O2S. The number of aryl methyl sites for hydroxylation is 1. The first-order valence-corrected chi connectivity index (χ1v) is 7.89. The summed E-state index contributed by atoms with van der Waals surface area (Å²) in [6, 6.07) is 5.87. The van der Waals surface area contributed by atoms with E-state index in [9.17, 15) is 10.1 Å². The van der Waals surface area contributed by atoms with Crippen molar-refractivity contribution < 1.29 is 4.92 Å². The molecule has 0 unspecified atom stereocenters. The largest absolute Gasteiger partial charge is 0.361 e. The van der Waals surface area contributed by atoms with E-state index in [1.165, 1.54) is 17.7 Å². The zero-order valence-corrected chi connectivity index (χ0v) is 13.6. The maximum absolute atomic E-state index is 11.4. The van der Waals surface area contributed by atoms with Gasteiger partial charge in [-0.2, -0.15) is 0 Å². The predicted octanol–water partition coefficient (Wildman–Crippen LogP) is 3.64. The summed E-state index contributed by atoms with van der Waals surface area (Å²) in [6.07, 6.45) is 2.86. The Morgan fingerprint density at radius 1 is 1.38 bits per heavy atom. The number of fused-ring (bicyclic) bond motifs is 1. The highest BCUT2D eigenvalue weighted by molar-refractivity contribution is 7.22. The second-order valence-electron chi connectivity index (χ2n) is 4.91. The lowest BCUT2D eigenvalue weighted by Crippen LogP contribution is -2.08. The number of anilines is 3. The number of aromatic nitrogens is 3. The van der Waals surface area contributed by atoms with Crippen LogP contribution in [0.5, 0.6) is 0 Å². The fourth-order valence-corrected chi connectivity index (χ4v) is 3.13. The molecule has 1 aromatic carbocycles. The van der Waals surface area contributed by atoms with Gasteiger partial charge in [-0.25, -0.2) is 15.0 Å². The Bertz CT molecular complexity index is 923. The standard InChI is InChI=1S/C15H14N6O2S/c1-3-7-16-13-12(21(22)23)14(18-8-17-13)20-15-19-11-9(2)5-4-6-10(11)24-15/h3-6,8H,1,7H2,2H3,(H2,16,17,18,19,20). The lowest BCUT2D eigenvalue weighted by molar-refractivity contribution is -0.383. The monoisotopic (exact) mass is 342 g/mol. The van der Waals surface area contributed by atoms with Gasteiger partial charge >= 0.3 is 5.69 Å². The summed E-state index contributed by atoms with van der Waals surface area (Å²) in [4.78, 5) is 23.3. The van der Waals surface area contributed by atoms with Crippen LogP contribution in [0.15, 0.2) is 37.2 Å². The van der Waals surface area contributed by atoms with Crippen LogP contribution in [-0.4, -0.2) is 26.4 Å². The maximum Gasteiger partial charge on any atom is 0.353 e. The topological polar surface area (TPSA) is 106 Å². The van der Waals surface area contributed by atoms with E-state index in [1.807, 2.05) is 25.1 Å². The van der Waals surface area contributed by atoms with Crippen molar-refractivity contribution in [3.8, 4) is 0 Å². The molecule has 0 aliphatic heterocycles. The van der Waals surface area contributed by atoms with Gasteiger partial charge < -0.3 is 10.6 Å². The molecule has 2 aromatic heterocycles. The van der Waals surface area contributed by atoms with Gasteiger partial charge in [-0.15, -0.1) is 6.58 Å². The van der Waals surface area contributed by atoms with Crippen LogP contribution in [0.2, 0.25) is 0 Å². The molecule has 0 spiro atoms. The van der Waals surface area contributed by atoms with Crippen LogP contribution in [0.1, 0.15) is 5.56 Å². The molecule has 2 heterocycles. The molecule has 122 valence electrons. The van der Waals surface area contributed by atoms with Crippen LogP contribution in [0.3, 0.4) is 0 Å². The van der Waals surface area contributed by atoms with Gasteiger partial charge in [-0.3, -0.25) is 10.1 Å². The number of thiazole rings is 1. The van der Waals surface area contributed by atoms with E-state index in [2.05, 4.69) is 32.2 Å². The van der Waals surface area contributed by atoms with Gasteiger partial charge in [0.25, 0.3) is 0 Å². The van der Waals surface area contributed by atoms with E-state index in [-0.39, 0.29) is 17.3 Å². The Morgan fingerprint density at radius 2 is 2.17 bits per heavy atom. The van der Waals surface area contributed by atoms with Crippen LogP contribution >= 0.6 is 11.3 Å². The zero-order valence-electron chi connectivity index (χ0n) is 12.8. The first-order chi connectivity index (χ1) is 11.6. The summed E-state index contributed by atoms with van der Waals surface area (Å²) in [5, 5.41) is 17.7. The van der Waals surface area contributed by atoms with Crippen LogP contribution in [0.4, 0.5) is 22.5 Å². The van der Waals surface area contributed by atoms with Crippen LogP contribution in [-0.2, 0) is 0 Å². The molecule has 8 nitrogen and oxygen atoms in total. The molecular weight excluding hydrogens is 328 g/mol. The Labute approximate surface area is 141 Å². The Morgan fingerprint density at radius 3 is 2.88 bits per heavy atom. The summed E-state index contributed by atoms with van der Waals surface area (Å²) in [5.74, 6) is 0.230. The number of hydrogen-bond acceptors (Lipinski definition) is 8. The summed E-state index contributed by atoms with van der Waals surface area (Å²) < 4.78 is 0.999. The number of nitro groups is 1. The zero-order chi connectivity index (χ0) is 17.1. The minimum atomic E-state index is -0.522. The SMILES string of the molecule is C=CCNc1ncnc(Nc2nc3c(C)cccc3s2)c1[N+](=O)[O-]. The molecule has 3 aromatic rings. The first-order valence-electron chi connectivity index (χ1n) is 7.07. The highest BCUT2D eigenvalue weighted by Gasteiger charge is 2.23. The fraction of sp³-hybridized carbons (Fsp3) is 0.133. The van der Waals surface area contributed by atoms with Crippen molar-refractivity contribution in [3.05, 3.63) is 52.9 Å². The Kier molecular flexibility index (Phi) is 4.34. The molecule has 0 aliphatic rings. The smallest absolute Gasteiger partial charge is 0.353 e. The second kappa shape index (κ2) is 6.59. The Balaban J connectivity index is 2.00. The third kappa shape index (κ3) is 3.01. The molecule has 24 heavy (non-hydrogen) atoms. The second-order valence-corrected chi connectivity index (χ2v) is 5.94. The molecule has 9 heteroatoms. The lowest BCUT2D eigenvalue weighted by Gasteiger charge is -2.07. The van der Waals surface area contributed by atoms with Crippen molar-refractivity contribution in [3.63, 3.8) is 0 Å². The molecule has 3 rings (SSSR count). The lowest BCUT2D eigenvalue weighted by atomic mass is 10.2. The number of nitrogens with one attached hydrogen (secondary N) is 2. The van der Waals surface area contributed by atoms with E-state index < -0.39 is 4.92 Å². The highest BCUT2D eigenvalue weighted by Crippen LogP contribution is 2.34. The normalized spacial score (nSPS) is 10.5. The summed E-state index contributed by atoms with van der Waals surface area (Å²) in [7, 11) is 0. The van der Waals surface area contributed by atoms with Crippen LogP contribution < -0.4 is 10.6 Å². The van der Waals surface area contributed by atoms with E-state index in [0.717, 1.165) is 15.8 Å². The number of nitrogens with zero attached hydrogens (tertiary/aromatic N) is 4. The summed E-state index contributed by atoms with van der Waals surface area (Å²) in [5.41, 5.74) is 1.68. The van der Waals surface area contributed by atoms with Gasteiger partial charge in [0.2, 0.25) is 11.6 Å². The molecule has 0 saturated carbocycles. The van der Waals surface area contributed by atoms with Crippen molar-refractivity contribution in [1.82, 2.24) is 15.0 Å². The number of para-hydroxylation sites is 1. The van der Waals surface area contributed by atoms with Gasteiger partial charge in [0, 0.05) is 6.54 Å². The minimum Gasteiger partial charge on any atom is -0.361 e. The molecule has 0 saturated heterocycles. The fourth-order valence-electron chi connectivity index (χ4n) is 2.18. The van der Waals surface area contributed by atoms with E-state index >= 15 is 0 Å². The molecule has 0 fully saturated rings. The predicted molar refractivity (Wildman–Crippen MR) is 95.0 cm³/mol. The maximum atomic E-state index is 11.4. The number of hydrogen-bond donors (Lipinski definition) is 2. The molecule has 0 aliphatic carbocycles. The third-order valence-electron chi connectivity index (χ3n) is 3.26. The molecule has 0 radical (unpaired) electrons. The minimum absolute atomic E-state index is 0.0956. The van der Waals surface area contributed by atoms with E-state index in [0.29, 0.717) is 11.7 Å². The molecule has 0 atom stereocenters. The van der Waals surface area contributed by atoms with E-state index in [4.69, 9.17) is 0 Å². The van der Waals surface area contributed by atoms with Gasteiger partial charge in [0.1, 0.15) is 6.33 Å². The average Bonchev–Trinajstić information content (AvgIpc) is 2.96.